The van der Waals surface area contributed by atoms with Crippen molar-refractivity contribution >= 4 is 21.9 Å². The molecule has 0 bridgehead atoms. The molecule has 0 aliphatic carbocycles. The number of rotatable bonds is 1. The third kappa shape index (κ3) is 1.86. The van der Waals surface area contributed by atoms with E-state index >= 15 is 0 Å². The van der Waals surface area contributed by atoms with Gasteiger partial charge in [-0.3, -0.25) is 0 Å². The van der Waals surface area contributed by atoms with E-state index < -0.39 is 0 Å². The van der Waals surface area contributed by atoms with E-state index in [0.717, 1.165) is 16.7 Å². The molecule has 4 rings (SSSR count). The summed E-state index contributed by atoms with van der Waals surface area (Å²) in [5.41, 5.74) is 8.16. The molecule has 1 aromatic heterocycles. The first kappa shape index (κ1) is 13.1. The maximum atomic E-state index is 6.25. The monoisotopic (exact) mass is 286 g/mol. The summed E-state index contributed by atoms with van der Waals surface area (Å²) in [6.07, 6.45) is 0. The molecule has 0 N–H and O–H groups in total. The molecule has 3 aromatic carbocycles. The van der Waals surface area contributed by atoms with Gasteiger partial charge in [-0.2, -0.15) is 0 Å². The lowest BCUT2D eigenvalue weighted by atomic mass is 9.98. The van der Waals surface area contributed by atoms with Crippen molar-refractivity contribution in [2.75, 3.05) is 0 Å². The minimum absolute atomic E-state index is 0.976. The predicted octanol–water partition coefficient (Wildman–Crippen LogP) is 6.18. The molecule has 0 aliphatic heterocycles. The lowest BCUT2D eigenvalue weighted by molar-refractivity contribution is 0.669. The summed E-state index contributed by atoms with van der Waals surface area (Å²) in [6, 6.07) is 19.2. The Bertz CT molecular complexity index is 991. The van der Waals surface area contributed by atoms with E-state index in [9.17, 15) is 0 Å². The van der Waals surface area contributed by atoms with Crippen molar-refractivity contribution in [2.45, 2.75) is 20.8 Å². The molecular weight excluding hydrogens is 268 g/mol. The van der Waals surface area contributed by atoms with Crippen LogP contribution in [0.3, 0.4) is 0 Å². The number of furan rings is 1. The molecule has 0 fully saturated rings. The molecule has 108 valence electrons. The second-order valence-corrected chi connectivity index (χ2v) is 6.03. The SMILES string of the molecule is Cc1cc2oc3c(-c4ccccc4)ccc(C)c3c2cc1C. The normalized spacial score (nSPS) is 11.4. The second kappa shape index (κ2) is 4.74. The Morgan fingerprint density at radius 1 is 0.727 bits per heavy atom. The van der Waals surface area contributed by atoms with Crippen LogP contribution in [0, 0.1) is 20.8 Å². The van der Waals surface area contributed by atoms with Crippen molar-refractivity contribution in [3.63, 3.8) is 0 Å². The van der Waals surface area contributed by atoms with Gasteiger partial charge in [0.05, 0.1) is 0 Å². The molecule has 0 atom stereocenters. The van der Waals surface area contributed by atoms with E-state index in [4.69, 9.17) is 4.42 Å². The predicted molar refractivity (Wildman–Crippen MR) is 93.4 cm³/mol. The summed E-state index contributed by atoms with van der Waals surface area (Å²) >= 11 is 0. The highest BCUT2D eigenvalue weighted by Crippen LogP contribution is 2.38. The average molecular weight is 286 g/mol. The molecule has 0 radical (unpaired) electrons. The van der Waals surface area contributed by atoms with Gasteiger partial charge in [-0.1, -0.05) is 42.5 Å². The van der Waals surface area contributed by atoms with Crippen molar-refractivity contribution in [1.82, 2.24) is 0 Å². The van der Waals surface area contributed by atoms with Crippen LogP contribution >= 0.6 is 0 Å². The zero-order valence-corrected chi connectivity index (χ0v) is 13.1. The summed E-state index contributed by atoms with van der Waals surface area (Å²) in [4.78, 5) is 0. The highest BCUT2D eigenvalue weighted by atomic mass is 16.3. The van der Waals surface area contributed by atoms with Gasteiger partial charge in [0.15, 0.2) is 0 Å². The van der Waals surface area contributed by atoms with Crippen LogP contribution in [0.1, 0.15) is 16.7 Å². The highest BCUT2D eigenvalue weighted by molar-refractivity contribution is 6.11. The summed E-state index contributed by atoms with van der Waals surface area (Å²) in [6.45, 7) is 6.44. The molecular formula is C21H18O. The molecule has 0 amide bonds. The smallest absolute Gasteiger partial charge is 0.143 e. The van der Waals surface area contributed by atoms with Crippen LogP contribution in [0.25, 0.3) is 33.1 Å². The second-order valence-electron chi connectivity index (χ2n) is 6.03. The van der Waals surface area contributed by atoms with Gasteiger partial charge < -0.3 is 4.42 Å². The Kier molecular flexibility index (Phi) is 2.83. The summed E-state index contributed by atoms with van der Waals surface area (Å²) in [7, 11) is 0. The Hall–Kier alpha value is -2.54. The van der Waals surface area contributed by atoms with Crippen LogP contribution in [0.15, 0.2) is 59.0 Å². The van der Waals surface area contributed by atoms with Crippen molar-refractivity contribution in [3.05, 3.63) is 71.3 Å². The molecule has 0 spiro atoms. The molecule has 1 heterocycles. The van der Waals surface area contributed by atoms with Crippen LogP contribution in [0.5, 0.6) is 0 Å². The minimum Gasteiger partial charge on any atom is -0.455 e. The number of aryl methyl sites for hydroxylation is 3. The van der Waals surface area contributed by atoms with E-state index in [1.54, 1.807) is 0 Å². The third-order valence-electron chi connectivity index (χ3n) is 4.53. The first-order chi connectivity index (χ1) is 10.6. The summed E-state index contributed by atoms with van der Waals surface area (Å²) in [5.74, 6) is 0. The van der Waals surface area contributed by atoms with Crippen molar-refractivity contribution in [1.29, 1.82) is 0 Å². The fourth-order valence-corrected chi connectivity index (χ4v) is 3.15. The number of fused-ring (bicyclic) bond motifs is 3. The van der Waals surface area contributed by atoms with E-state index in [1.807, 2.05) is 6.07 Å². The Morgan fingerprint density at radius 3 is 2.23 bits per heavy atom. The molecule has 0 saturated heterocycles. The lowest BCUT2D eigenvalue weighted by Gasteiger charge is -2.04. The molecule has 0 unspecified atom stereocenters. The van der Waals surface area contributed by atoms with Gasteiger partial charge >= 0.3 is 0 Å². The molecule has 1 nitrogen and oxygen atoms in total. The van der Waals surface area contributed by atoms with Gasteiger partial charge in [0.2, 0.25) is 0 Å². The topological polar surface area (TPSA) is 13.1 Å². The third-order valence-corrected chi connectivity index (χ3v) is 4.53. The van der Waals surface area contributed by atoms with Gasteiger partial charge in [0.25, 0.3) is 0 Å². The number of benzene rings is 3. The van der Waals surface area contributed by atoms with Gasteiger partial charge in [-0.25, -0.2) is 0 Å². The quantitative estimate of drug-likeness (QED) is 0.407. The Labute approximate surface area is 130 Å². The zero-order valence-electron chi connectivity index (χ0n) is 13.1. The number of hydrogen-bond donors (Lipinski definition) is 0. The van der Waals surface area contributed by atoms with Gasteiger partial charge in [-0.15, -0.1) is 0 Å². The van der Waals surface area contributed by atoms with Crippen LogP contribution in [0.4, 0.5) is 0 Å². The maximum absolute atomic E-state index is 6.25. The van der Waals surface area contributed by atoms with E-state index in [0.29, 0.717) is 0 Å². The Morgan fingerprint density at radius 2 is 1.45 bits per heavy atom. The van der Waals surface area contributed by atoms with Crippen LogP contribution < -0.4 is 0 Å². The lowest BCUT2D eigenvalue weighted by Crippen LogP contribution is -1.82. The standard InChI is InChI=1S/C21H18O/c1-13-9-10-17(16-7-5-4-6-8-16)21-20(13)18-11-14(2)15(3)12-19(18)22-21/h4-12H,1-3H3. The van der Waals surface area contributed by atoms with E-state index in [1.165, 1.54) is 33.0 Å². The number of hydrogen-bond acceptors (Lipinski definition) is 1. The van der Waals surface area contributed by atoms with Gasteiger partial charge in [0, 0.05) is 16.3 Å². The van der Waals surface area contributed by atoms with E-state index in [2.05, 4.69) is 69.3 Å². The minimum atomic E-state index is 0.976. The van der Waals surface area contributed by atoms with E-state index in [-0.39, 0.29) is 0 Å². The van der Waals surface area contributed by atoms with Gasteiger partial charge in [-0.05, 0) is 55.2 Å². The summed E-state index contributed by atoms with van der Waals surface area (Å²) in [5, 5.41) is 2.45. The van der Waals surface area contributed by atoms with Crippen LogP contribution in [-0.2, 0) is 0 Å². The van der Waals surface area contributed by atoms with Crippen LogP contribution in [-0.4, -0.2) is 0 Å². The average Bonchev–Trinajstić information content (AvgIpc) is 2.88. The summed E-state index contributed by atoms with van der Waals surface area (Å²) < 4.78 is 6.25. The van der Waals surface area contributed by atoms with Crippen molar-refractivity contribution in [3.8, 4) is 11.1 Å². The van der Waals surface area contributed by atoms with Crippen molar-refractivity contribution in [2.24, 2.45) is 0 Å². The van der Waals surface area contributed by atoms with Crippen LogP contribution in [0.2, 0.25) is 0 Å². The molecule has 0 aliphatic rings. The van der Waals surface area contributed by atoms with Crippen molar-refractivity contribution < 1.29 is 4.42 Å². The largest absolute Gasteiger partial charge is 0.455 e. The molecule has 4 aromatic rings. The first-order valence-electron chi connectivity index (χ1n) is 7.63. The maximum Gasteiger partial charge on any atom is 0.143 e. The fourth-order valence-electron chi connectivity index (χ4n) is 3.15. The first-order valence-corrected chi connectivity index (χ1v) is 7.63. The molecule has 1 heteroatoms. The zero-order chi connectivity index (χ0) is 15.3. The Balaban J connectivity index is 2.15. The molecule has 0 saturated carbocycles. The highest BCUT2D eigenvalue weighted by Gasteiger charge is 2.15. The van der Waals surface area contributed by atoms with Gasteiger partial charge in [0.1, 0.15) is 11.2 Å². The fraction of sp³-hybridized carbons (Fsp3) is 0.143. The molecule has 22 heavy (non-hydrogen) atoms.